The van der Waals surface area contributed by atoms with E-state index >= 15 is 0 Å². The normalized spacial score (nSPS) is 14.0. The van der Waals surface area contributed by atoms with Gasteiger partial charge in [0, 0.05) is 11.6 Å². The van der Waals surface area contributed by atoms with Crippen molar-refractivity contribution in [3.63, 3.8) is 0 Å². The zero-order valence-corrected chi connectivity index (χ0v) is 17.1. The lowest BCUT2D eigenvalue weighted by atomic mass is 10.1. The predicted molar refractivity (Wildman–Crippen MR) is 107 cm³/mol. The molecular formula is C21H19ClF2N4O2. The molecule has 30 heavy (non-hydrogen) atoms. The molecule has 0 atom stereocenters. The molecule has 0 radical (unpaired) electrons. The Hall–Kier alpha value is -3.00. The Morgan fingerprint density at radius 2 is 1.93 bits per heavy atom. The first kappa shape index (κ1) is 20.3. The molecule has 0 spiro atoms. The monoisotopic (exact) mass is 432 g/mol. The third-order valence-electron chi connectivity index (χ3n) is 4.90. The van der Waals surface area contributed by atoms with E-state index in [9.17, 15) is 13.6 Å². The number of amides is 1. The van der Waals surface area contributed by atoms with Crippen LogP contribution in [0.1, 0.15) is 48.9 Å². The van der Waals surface area contributed by atoms with Crippen molar-refractivity contribution in [1.29, 1.82) is 0 Å². The zero-order chi connectivity index (χ0) is 21.6. The molecule has 0 unspecified atom stereocenters. The number of hydrogen-bond donors (Lipinski definition) is 1. The summed E-state index contributed by atoms with van der Waals surface area (Å²) in [4.78, 5) is 11.3. The van der Waals surface area contributed by atoms with Gasteiger partial charge in [-0.05, 0) is 63.1 Å². The van der Waals surface area contributed by atoms with Crippen LogP contribution in [-0.4, -0.2) is 20.7 Å². The van der Waals surface area contributed by atoms with Gasteiger partial charge in [-0.15, -0.1) is 10.2 Å². The second-order valence-electron chi connectivity index (χ2n) is 7.69. The molecule has 1 aliphatic carbocycles. The summed E-state index contributed by atoms with van der Waals surface area (Å²) in [7, 11) is 0. The highest BCUT2D eigenvalue weighted by Crippen LogP contribution is 2.42. The van der Waals surface area contributed by atoms with Crippen molar-refractivity contribution in [3.05, 3.63) is 64.4 Å². The van der Waals surface area contributed by atoms with E-state index in [1.807, 2.05) is 4.57 Å². The van der Waals surface area contributed by atoms with Crippen molar-refractivity contribution in [2.45, 2.75) is 38.3 Å². The predicted octanol–water partition coefficient (Wildman–Crippen LogP) is 4.62. The summed E-state index contributed by atoms with van der Waals surface area (Å²) >= 11 is 6.10. The summed E-state index contributed by atoms with van der Waals surface area (Å²) in [6.45, 7) is 3.57. The van der Waals surface area contributed by atoms with Crippen LogP contribution in [0.2, 0.25) is 5.02 Å². The van der Waals surface area contributed by atoms with E-state index in [-0.39, 0.29) is 22.2 Å². The molecule has 1 aliphatic rings. The van der Waals surface area contributed by atoms with Gasteiger partial charge in [0.2, 0.25) is 5.91 Å². The first-order valence-electron chi connectivity index (χ1n) is 9.36. The molecule has 0 aliphatic heterocycles. The molecule has 0 saturated heterocycles. The number of carbonyl (C=O) groups is 1. The third kappa shape index (κ3) is 3.75. The Morgan fingerprint density at radius 1 is 1.20 bits per heavy atom. The third-order valence-corrected chi connectivity index (χ3v) is 5.20. The number of ether oxygens (including phenoxy) is 1. The molecule has 156 valence electrons. The lowest BCUT2D eigenvalue weighted by molar-refractivity contribution is 0.0937. The fourth-order valence-corrected chi connectivity index (χ4v) is 3.50. The highest BCUT2D eigenvalue weighted by atomic mass is 35.5. The van der Waals surface area contributed by atoms with Gasteiger partial charge in [0.1, 0.15) is 17.4 Å². The van der Waals surface area contributed by atoms with Gasteiger partial charge >= 0.3 is 0 Å². The number of carbonyl (C=O) groups excluding carboxylic acids is 1. The van der Waals surface area contributed by atoms with Crippen molar-refractivity contribution < 1.29 is 18.3 Å². The van der Waals surface area contributed by atoms with E-state index in [0.29, 0.717) is 17.4 Å². The minimum absolute atomic E-state index is 0.0728. The smallest absolute Gasteiger partial charge is 0.248 e. The molecule has 6 nitrogen and oxygen atoms in total. The summed E-state index contributed by atoms with van der Waals surface area (Å²) in [5.41, 5.74) is 4.52. The SMILES string of the molecule is CC(C)(Oc1ccc(F)cc1Cl)c1nnc(-c2ccc(C(N)=O)cc2F)n1C1CC1. The van der Waals surface area contributed by atoms with E-state index < -0.39 is 23.1 Å². The van der Waals surface area contributed by atoms with Crippen LogP contribution in [-0.2, 0) is 5.60 Å². The molecule has 1 fully saturated rings. The first-order chi connectivity index (χ1) is 14.2. The van der Waals surface area contributed by atoms with E-state index in [0.717, 1.165) is 18.9 Å². The molecular weight excluding hydrogens is 414 g/mol. The number of halogens is 3. The van der Waals surface area contributed by atoms with E-state index in [1.54, 1.807) is 13.8 Å². The lowest BCUT2D eigenvalue weighted by Gasteiger charge is -2.27. The number of rotatable bonds is 6. The van der Waals surface area contributed by atoms with Crippen molar-refractivity contribution in [2.24, 2.45) is 5.73 Å². The van der Waals surface area contributed by atoms with Gasteiger partial charge in [0.25, 0.3) is 0 Å². The van der Waals surface area contributed by atoms with Gasteiger partial charge < -0.3 is 15.0 Å². The van der Waals surface area contributed by atoms with Gasteiger partial charge in [-0.3, -0.25) is 4.79 Å². The van der Waals surface area contributed by atoms with Crippen LogP contribution in [0.4, 0.5) is 8.78 Å². The van der Waals surface area contributed by atoms with E-state index in [1.165, 1.54) is 30.3 Å². The van der Waals surface area contributed by atoms with E-state index in [4.69, 9.17) is 22.1 Å². The Labute approximate surface area is 176 Å². The average molecular weight is 433 g/mol. The number of primary amides is 1. The molecule has 0 bridgehead atoms. The van der Waals surface area contributed by atoms with Gasteiger partial charge in [0.15, 0.2) is 17.2 Å². The van der Waals surface area contributed by atoms with Crippen LogP contribution >= 0.6 is 11.6 Å². The minimum atomic E-state index is -0.987. The molecule has 1 heterocycles. The Bertz CT molecular complexity index is 1140. The fourth-order valence-electron chi connectivity index (χ4n) is 3.29. The summed E-state index contributed by atoms with van der Waals surface area (Å²) in [5.74, 6) is -0.681. The van der Waals surface area contributed by atoms with Crippen LogP contribution in [0.5, 0.6) is 5.75 Å². The number of aromatic nitrogens is 3. The Balaban J connectivity index is 1.75. The molecule has 1 aromatic heterocycles. The molecule has 2 aromatic carbocycles. The summed E-state index contributed by atoms with van der Waals surface area (Å²) in [5, 5.41) is 8.62. The van der Waals surface area contributed by atoms with Crippen LogP contribution in [0.3, 0.4) is 0 Å². The maximum atomic E-state index is 14.7. The molecule has 2 N–H and O–H groups in total. The van der Waals surface area contributed by atoms with Crippen molar-refractivity contribution in [2.75, 3.05) is 0 Å². The van der Waals surface area contributed by atoms with Gasteiger partial charge in [-0.2, -0.15) is 0 Å². The quantitative estimate of drug-likeness (QED) is 0.615. The second-order valence-corrected chi connectivity index (χ2v) is 8.10. The molecule has 4 rings (SSSR count). The van der Waals surface area contributed by atoms with Crippen LogP contribution in [0, 0.1) is 11.6 Å². The Kier molecular flexibility index (Phi) is 4.97. The topological polar surface area (TPSA) is 83.0 Å². The lowest BCUT2D eigenvalue weighted by Crippen LogP contribution is -2.30. The van der Waals surface area contributed by atoms with Crippen molar-refractivity contribution in [3.8, 4) is 17.1 Å². The molecule has 9 heteroatoms. The van der Waals surface area contributed by atoms with Crippen molar-refractivity contribution >= 4 is 17.5 Å². The molecule has 3 aromatic rings. The standard InChI is InChI=1S/C21H19ClF2N4O2/c1-21(2,30-17-8-4-12(23)10-15(17)22)20-27-26-19(28(20)13-5-6-13)14-7-3-11(18(25)29)9-16(14)24/h3-4,7-10,13H,5-6H2,1-2H3,(H2,25,29). The van der Waals surface area contributed by atoms with E-state index in [2.05, 4.69) is 10.2 Å². The highest BCUT2D eigenvalue weighted by Gasteiger charge is 2.38. The van der Waals surface area contributed by atoms with Gasteiger partial charge in [-0.1, -0.05) is 11.6 Å². The van der Waals surface area contributed by atoms with Crippen molar-refractivity contribution in [1.82, 2.24) is 14.8 Å². The maximum absolute atomic E-state index is 14.7. The number of hydrogen-bond acceptors (Lipinski definition) is 4. The number of nitrogens with zero attached hydrogens (tertiary/aromatic N) is 3. The van der Waals surface area contributed by atoms with Crippen LogP contribution in [0.25, 0.3) is 11.4 Å². The summed E-state index contributed by atoms with van der Waals surface area (Å²) < 4.78 is 36.0. The maximum Gasteiger partial charge on any atom is 0.248 e. The highest BCUT2D eigenvalue weighted by molar-refractivity contribution is 6.32. The summed E-state index contributed by atoms with van der Waals surface area (Å²) in [6.07, 6.45) is 1.79. The average Bonchev–Trinajstić information content (AvgIpc) is 3.41. The zero-order valence-electron chi connectivity index (χ0n) is 16.3. The Morgan fingerprint density at radius 3 is 2.53 bits per heavy atom. The fraction of sp³-hybridized carbons (Fsp3) is 0.286. The number of benzene rings is 2. The summed E-state index contributed by atoms with van der Waals surface area (Å²) in [6, 6.07) is 7.97. The van der Waals surface area contributed by atoms with Crippen LogP contribution in [0.15, 0.2) is 36.4 Å². The van der Waals surface area contributed by atoms with Crippen LogP contribution < -0.4 is 10.5 Å². The van der Waals surface area contributed by atoms with Gasteiger partial charge in [0.05, 0.1) is 10.6 Å². The first-order valence-corrected chi connectivity index (χ1v) is 9.74. The van der Waals surface area contributed by atoms with Gasteiger partial charge in [-0.25, -0.2) is 8.78 Å². The number of nitrogens with two attached hydrogens (primary N) is 1. The second kappa shape index (κ2) is 7.36. The molecule has 1 saturated carbocycles. The minimum Gasteiger partial charge on any atom is -0.478 e. The largest absolute Gasteiger partial charge is 0.478 e. The molecule has 1 amide bonds.